The number of carboxylic acids is 1. The van der Waals surface area contributed by atoms with Gasteiger partial charge in [-0.15, -0.1) is 0 Å². The Bertz CT molecular complexity index is 491. The van der Waals surface area contributed by atoms with Gasteiger partial charge in [-0.1, -0.05) is 6.07 Å². The van der Waals surface area contributed by atoms with Crippen LogP contribution in [-0.2, 0) is 4.79 Å². The number of ether oxygens (including phenoxy) is 2. The van der Waals surface area contributed by atoms with Crippen molar-refractivity contribution in [1.29, 1.82) is 0 Å². The summed E-state index contributed by atoms with van der Waals surface area (Å²) < 4.78 is 10.5. The first-order chi connectivity index (χ1) is 8.66. The average molecular weight is 250 g/mol. The number of fused-ring (bicyclic) bond motifs is 1. The lowest BCUT2D eigenvalue weighted by Gasteiger charge is -2.17. The lowest BCUT2D eigenvalue weighted by Crippen LogP contribution is -2.30. The zero-order valence-corrected chi connectivity index (χ0v) is 9.84. The molecule has 0 saturated carbocycles. The molecule has 1 fully saturated rings. The molecule has 96 valence electrons. The van der Waals surface area contributed by atoms with E-state index in [0.717, 1.165) is 5.56 Å². The summed E-state index contributed by atoms with van der Waals surface area (Å²) in [5.41, 5.74) is 6.86. The van der Waals surface area contributed by atoms with Crippen LogP contribution in [0.5, 0.6) is 11.5 Å². The highest BCUT2D eigenvalue weighted by molar-refractivity contribution is 5.72. The van der Waals surface area contributed by atoms with E-state index in [1.54, 1.807) is 6.07 Å². The molecule has 0 amide bonds. The minimum Gasteiger partial charge on any atom is -0.481 e. The van der Waals surface area contributed by atoms with Crippen molar-refractivity contribution in [3.8, 4) is 11.5 Å². The van der Waals surface area contributed by atoms with Crippen LogP contribution < -0.4 is 20.3 Å². The number of carbonyl (C=O) groups is 1. The third-order valence-electron chi connectivity index (χ3n) is 3.41. The van der Waals surface area contributed by atoms with E-state index in [1.165, 1.54) is 0 Å². The Kier molecular flexibility index (Phi) is 2.61. The van der Waals surface area contributed by atoms with Gasteiger partial charge in [0.1, 0.15) is 0 Å². The molecule has 2 heterocycles. The predicted octanol–water partition coefficient (Wildman–Crippen LogP) is 0.653. The van der Waals surface area contributed by atoms with Gasteiger partial charge in [0.25, 0.3) is 0 Å². The summed E-state index contributed by atoms with van der Waals surface area (Å²) in [6.07, 6.45) is 0. The van der Waals surface area contributed by atoms with Crippen LogP contribution in [0.4, 0.5) is 0 Å². The first-order valence-electron chi connectivity index (χ1n) is 5.80. The van der Waals surface area contributed by atoms with Crippen LogP contribution in [0.2, 0.25) is 0 Å². The standard InChI is InChI=1S/C12H14N2O4/c1-6-10(12(15)16)11(14-13-6)7-2-3-8-9(4-7)18-5-17-8/h2-4,6,10-11,13-14H,5H2,1H3,(H,15,16). The quantitative estimate of drug-likeness (QED) is 0.715. The second-order valence-electron chi connectivity index (χ2n) is 4.53. The van der Waals surface area contributed by atoms with Crippen LogP contribution in [0.15, 0.2) is 18.2 Å². The van der Waals surface area contributed by atoms with Crippen molar-refractivity contribution in [2.24, 2.45) is 5.92 Å². The normalized spacial score (nSPS) is 29.5. The zero-order valence-electron chi connectivity index (χ0n) is 9.84. The van der Waals surface area contributed by atoms with Crippen molar-refractivity contribution in [2.45, 2.75) is 19.0 Å². The van der Waals surface area contributed by atoms with Gasteiger partial charge in [-0.25, -0.2) is 5.43 Å². The minimum absolute atomic E-state index is 0.127. The third-order valence-corrected chi connectivity index (χ3v) is 3.41. The Hall–Kier alpha value is -1.79. The van der Waals surface area contributed by atoms with Gasteiger partial charge in [0.05, 0.1) is 12.0 Å². The van der Waals surface area contributed by atoms with E-state index in [1.807, 2.05) is 19.1 Å². The average Bonchev–Trinajstić information content (AvgIpc) is 2.93. The number of nitrogens with one attached hydrogen (secondary N) is 2. The van der Waals surface area contributed by atoms with E-state index in [2.05, 4.69) is 10.9 Å². The molecule has 0 bridgehead atoms. The van der Waals surface area contributed by atoms with E-state index >= 15 is 0 Å². The van der Waals surface area contributed by atoms with Crippen molar-refractivity contribution < 1.29 is 19.4 Å². The lowest BCUT2D eigenvalue weighted by atomic mass is 9.90. The molecule has 2 aliphatic rings. The second kappa shape index (κ2) is 4.15. The second-order valence-corrected chi connectivity index (χ2v) is 4.53. The lowest BCUT2D eigenvalue weighted by molar-refractivity contribution is -0.142. The highest BCUT2D eigenvalue weighted by Gasteiger charge is 2.39. The van der Waals surface area contributed by atoms with Crippen molar-refractivity contribution in [3.05, 3.63) is 23.8 Å². The van der Waals surface area contributed by atoms with Crippen LogP contribution in [0, 0.1) is 5.92 Å². The molecule has 18 heavy (non-hydrogen) atoms. The molecule has 1 aromatic carbocycles. The zero-order chi connectivity index (χ0) is 12.7. The molecular formula is C12H14N2O4. The molecule has 3 atom stereocenters. The minimum atomic E-state index is -0.817. The van der Waals surface area contributed by atoms with Crippen LogP contribution in [0.3, 0.4) is 0 Å². The van der Waals surface area contributed by atoms with Gasteiger partial charge in [0.2, 0.25) is 6.79 Å². The van der Waals surface area contributed by atoms with E-state index in [-0.39, 0.29) is 18.9 Å². The van der Waals surface area contributed by atoms with Gasteiger partial charge in [-0.05, 0) is 24.6 Å². The van der Waals surface area contributed by atoms with Gasteiger partial charge >= 0.3 is 5.97 Å². The number of benzene rings is 1. The Morgan fingerprint density at radius 1 is 1.33 bits per heavy atom. The molecule has 6 nitrogen and oxygen atoms in total. The Labute approximate surface area is 104 Å². The monoisotopic (exact) mass is 250 g/mol. The van der Waals surface area contributed by atoms with E-state index < -0.39 is 11.9 Å². The Morgan fingerprint density at radius 3 is 2.89 bits per heavy atom. The molecule has 3 N–H and O–H groups in total. The largest absolute Gasteiger partial charge is 0.481 e. The number of aliphatic carboxylic acids is 1. The molecule has 0 aliphatic carbocycles. The van der Waals surface area contributed by atoms with Gasteiger partial charge in [0.15, 0.2) is 11.5 Å². The van der Waals surface area contributed by atoms with E-state index in [4.69, 9.17) is 9.47 Å². The summed E-state index contributed by atoms with van der Waals surface area (Å²) in [6.45, 7) is 2.06. The van der Waals surface area contributed by atoms with Gasteiger partial charge in [-0.3, -0.25) is 10.2 Å². The van der Waals surface area contributed by atoms with Crippen molar-refractivity contribution in [1.82, 2.24) is 10.9 Å². The number of rotatable bonds is 2. The Morgan fingerprint density at radius 2 is 2.11 bits per heavy atom. The highest BCUT2D eigenvalue weighted by atomic mass is 16.7. The summed E-state index contributed by atoms with van der Waals surface area (Å²) in [6, 6.07) is 5.10. The van der Waals surface area contributed by atoms with Crippen molar-refractivity contribution >= 4 is 5.97 Å². The maximum absolute atomic E-state index is 11.3. The summed E-state index contributed by atoms with van der Waals surface area (Å²) >= 11 is 0. The van der Waals surface area contributed by atoms with Gasteiger partial charge in [-0.2, -0.15) is 0 Å². The summed E-state index contributed by atoms with van der Waals surface area (Å²) in [5.74, 6) is 0.0376. The highest BCUT2D eigenvalue weighted by Crippen LogP contribution is 2.37. The first-order valence-corrected chi connectivity index (χ1v) is 5.80. The first kappa shape index (κ1) is 11.3. The maximum atomic E-state index is 11.3. The van der Waals surface area contributed by atoms with Crippen LogP contribution in [0.25, 0.3) is 0 Å². The maximum Gasteiger partial charge on any atom is 0.310 e. The van der Waals surface area contributed by atoms with Crippen molar-refractivity contribution in [2.75, 3.05) is 6.79 Å². The van der Waals surface area contributed by atoms with E-state index in [0.29, 0.717) is 11.5 Å². The SMILES string of the molecule is CC1NNC(c2ccc3c(c2)OCO3)C1C(=O)O. The fourth-order valence-electron chi connectivity index (χ4n) is 2.44. The number of hydrazine groups is 1. The molecule has 1 aromatic rings. The Balaban J connectivity index is 1.92. The predicted molar refractivity (Wildman–Crippen MR) is 62.2 cm³/mol. The number of hydrogen-bond donors (Lipinski definition) is 3. The number of hydrogen-bond acceptors (Lipinski definition) is 5. The van der Waals surface area contributed by atoms with Crippen LogP contribution >= 0.6 is 0 Å². The van der Waals surface area contributed by atoms with Gasteiger partial charge < -0.3 is 14.6 Å². The fraction of sp³-hybridized carbons (Fsp3) is 0.417. The van der Waals surface area contributed by atoms with Crippen molar-refractivity contribution in [3.63, 3.8) is 0 Å². The van der Waals surface area contributed by atoms with Crippen LogP contribution in [-0.4, -0.2) is 23.9 Å². The molecule has 3 rings (SSSR count). The molecule has 2 aliphatic heterocycles. The molecule has 0 spiro atoms. The summed E-state index contributed by atoms with van der Waals surface area (Å²) in [4.78, 5) is 11.3. The molecule has 3 unspecified atom stereocenters. The number of carboxylic acid groups (broad SMARTS) is 1. The van der Waals surface area contributed by atoms with Crippen LogP contribution in [0.1, 0.15) is 18.5 Å². The third kappa shape index (κ3) is 1.70. The van der Waals surface area contributed by atoms with Gasteiger partial charge in [0, 0.05) is 6.04 Å². The smallest absolute Gasteiger partial charge is 0.310 e. The molecule has 0 radical (unpaired) electrons. The van der Waals surface area contributed by atoms with E-state index in [9.17, 15) is 9.90 Å². The summed E-state index contributed by atoms with van der Waals surface area (Å²) in [5, 5.41) is 9.27. The summed E-state index contributed by atoms with van der Waals surface area (Å²) in [7, 11) is 0. The topological polar surface area (TPSA) is 79.8 Å². The molecule has 0 aromatic heterocycles. The molecular weight excluding hydrogens is 236 g/mol. The fourth-order valence-corrected chi connectivity index (χ4v) is 2.44. The molecule has 6 heteroatoms. The molecule has 1 saturated heterocycles.